The van der Waals surface area contributed by atoms with Crippen molar-refractivity contribution in [1.82, 2.24) is 15.4 Å². The second kappa shape index (κ2) is 6.30. The molecular formula is C11H22N3O3-. The molecule has 100 valence electrons. The fraction of sp³-hybridized carbons (Fsp3) is 0.909. The predicted octanol–water partition coefficient (Wildman–Crippen LogP) is 0.900. The Morgan fingerprint density at radius 3 is 2.53 bits per heavy atom. The number of hydrogen-bond donors (Lipinski definition) is 2. The van der Waals surface area contributed by atoms with Crippen molar-refractivity contribution in [3.8, 4) is 0 Å². The Balaban J connectivity index is 2.44. The highest BCUT2D eigenvalue weighted by Crippen LogP contribution is 2.21. The van der Waals surface area contributed by atoms with Gasteiger partial charge < -0.3 is 15.7 Å². The molecule has 1 heterocycles. The summed E-state index contributed by atoms with van der Waals surface area (Å²) >= 11 is 0. The Kier molecular flexibility index (Phi) is 5.32. The van der Waals surface area contributed by atoms with Crippen LogP contribution in [0.4, 0.5) is 0 Å². The highest BCUT2D eigenvalue weighted by Gasteiger charge is 2.26. The van der Waals surface area contributed by atoms with Gasteiger partial charge in [0.15, 0.2) is 0 Å². The van der Waals surface area contributed by atoms with Crippen LogP contribution in [0.15, 0.2) is 0 Å². The van der Waals surface area contributed by atoms with Crippen molar-refractivity contribution in [1.29, 1.82) is 0 Å². The first-order chi connectivity index (χ1) is 7.91. The summed E-state index contributed by atoms with van der Waals surface area (Å²) in [5.74, 6) is -0.229. The van der Waals surface area contributed by atoms with Gasteiger partial charge in [-0.3, -0.25) is 9.69 Å². The zero-order chi connectivity index (χ0) is 13.0. The third-order valence-corrected chi connectivity index (χ3v) is 3.40. The van der Waals surface area contributed by atoms with Gasteiger partial charge in [0.2, 0.25) is 5.91 Å². The van der Waals surface area contributed by atoms with E-state index in [1.54, 1.807) is 0 Å². The molecule has 1 rings (SSSR count). The SMILES string of the molecule is CC(NC(=O)CN1C(C)CCCC1C)N([O-])O. The van der Waals surface area contributed by atoms with Crippen molar-refractivity contribution in [3.05, 3.63) is 5.21 Å². The zero-order valence-corrected chi connectivity index (χ0v) is 10.7. The molecule has 0 aromatic rings. The van der Waals surface area contributed by atoms with E-state index in [0.29, 0.717) is 12.1 Å². The van der Waals surface area contributed by atoms with E-state index in [1.165, 1.54) is 13.3 Å². The van der Waals surface area contributed by atoms with Crippen molar-refractivity contribution in [2.24, 2.45) is 0 Å². The summed E-state index contributed by atoms with van der Waals surface area (Å²) in [6.45, 7) is 5.94. The Bertz CT molecular complexity index is 250. The Morgan fingerprint density at radius 1 is 1.53 bits per heavy atom. The largest absolute Gasteiger partial charge is 0.761 e. The van der Waals surface area contributed by atoms with Gasteiger partial charge in [0, 0.05) is 12.1 Å². The molecule has 0 bridgehead atoms. The maximum absolute atomic E-state index is 11.7. The van der Waals surface area contributed by atoms with Gasteiger partial charge in [0.1, 0.15) is 0 Å². The third-order valence-electron chi connectivity index (χ3n) is 3.40. The molecule has 1 aliphatic heterocycles. The van der Waals surface area contributed by atoms with Gasteiger partial charge in [-0.25, -0.2) is 5.23 Å². The second-order valence-electron chi connectivity index (χ2n) is 4.85. The van der Waals surface area contributed by atoms with Crippen molar-refractivity contribution in [3.63, 3.8) is 0 Å². The van der Waals surface area contributed by atoms with Crippen LogP contribution in [0.1, 0.15) is 40.0 Å². The Hall–Kier alpha value is -0.690. The summed E-state index contributed by atoms with van der Waals surface area (Å²) in [6.07, 6.45) is 2.49. The van der Waals surface area contributed by atoms with E-state index in [4.69, 9.17) is 5.21 Å². The van der Waals surface area contributed by atoms with E-state index < -0.39 is 6.17 Å². The van der Waals surface area contributed by atoms with Crippen LogP contribution in [0.25, 0.3) is 0 Å². The van der Waals surface area contributed by atoms with Gasteiger partial charge in [-0.2, -0.15) is 0 Å². The van der Waals surface area contributed by atoms with Gasteiger partial charge in [-0.1, -0.05) is 6.42 Å². The van der Waals surface area contributed by atoms with Crippen LogP contribution < -0.4 is 5.32 Å². The molecule has 3 atom stereocenters. The minimum atomic E-state index is -0.905. The molecule has 3 unspecified atom stereocenters. The first kappa shape index (κ1) is 14.4. The standard InChI is InChI=1S/C11H22N3O3/c1-8-5-4-6-9(2)13(8)7-11(15)12-10(3)14(16)17/h8-10,16H,4-7H2,1-3H3,(H,12,15)/q-1. The van der Waals surface area contributed by atoms with Crippen LogP contribution in [0.2, 0.25) is 0 Å². The van der Waals surface area contributed by atoms with E-state index in [0.717, 1.165) is 12.8 Å². The van der Waals surface area contributed by atoms with Crippen molar-refractivity contribution < 1.29 is 10.0 Å². The molecule has 17 heavy (non-hydrogen) atoms. The average Bonchev–Trinajstić information content (AvgIpc) is 2.23. The van der Waals surface area contributed by atoms with Crippen LogP contribution in [-0.4, -0.2) is 46.0 Å². The number of hydrogen-bond acceptors (Lipinski definition) is 5. The number of nitrogens with zero attached hydrogens (tertiary/aromatic N) is 2. The molecule has 0 radical (unpaired) electrons. The lowest BCUT2D eigenvalue weighted by Crippen LogP contribution is -2.51. The lowest BCUT2D eigenvalue weighted by Gasteiger charge is -2.39. The van der Waals surface area contributed by atoms with Gasteiger partial charge in [0.05, 0.1) is 12.7 Å². The molecular weight excluding hydrogens is 222 g/mol. The fourth-order valence-corrected chi connectivity index (χ4v) is 2.29. The van der Waals surface area contributed by atoms with E-state index in [9.17, 15) is 10.0 Å². The summed E-state index contributed by atoms with van der Waals surface area (Å²) in [5, 5.41) is 21.4. The summed E-state index contributed by atoms with van der Waals surface area (Å²) < 4.78 is 0. The number of carbonyl (C=O) groups is 1. The third kappa shape index (κ3) is 4.23. The molecule has 6 nitrogen and oxygen atoms in total. The van der Waals surface area contributed by atoms with Crippen LogP contribution >= 0.6 is 0 Å². The lowest BCUT2D eigenvalue weighted by atomic mass is 9.97. The van der Waals surface area contributed by atoms with E-state index in [2.05, 4.69) is 24.1 Å². The first-order valence-corrected chi connectivity index (χ1v) is 6.12. The molecule has 1 saturated heterocycles. The van der Waals surface area contributed by atoms with Gasteiger partial charge in [0.25, 0.3) is 0 Å². The quantitative estimate of drug-likeness (QED) is 0.567. The zero-order valence-electron chi connectivity index (χ0n) is 10.7. The maximum atomic E-state index is 11.7. The summed E-state index contributed by atoms with van der Waals surface area (Å²) in [6, 6.07) is 0.773. The molecule has 6 heteroatoms. The minimum absolute atomic E-state index is 0.229. The van der Waals surface area contributed by atoms with E-state index >= 15 is 0 Å². The number of rotatable bonds is 4. The summed E-state index contributed by atoms with van der Waals surface area (Å²) in [7, 11) is 0. The van der Waals surface area contributed by atoms with Crippen LogP contribution in [-0.2, 0) is 4.79 Å². The molecule has 0 aliphatic carbocycles. The number of nitrogens with one attached hydrogen (secondary N) is 1. The second-order valence-corrected chi connectivity index (χ2v) is 4.85. The minimum Gasteiger partial charge on any atom is -0.761 e. The molecule has 0 aromatic carbocycles. The molecule has 2 N–H and O–H groups in total. The van der Waals surface area contributed by atoms with Crippen molar-refractivity contribution in [2.75, 3.05) is 6.54 Å². The number of carbonyl (C=O) groups excluding carboxylic acids is 1. The molecule has 0 spiro atoms. The van der Waals surface area contributed by atoms with Crippen molar-refractivity contribution in [2.45, 2.75) is 58.3 Å². The van der Waals surface area contributed by atoms with E-state index in [-0.39, 0.29) is 17.7 Å². The van der Waals surface area contributed by atoms with Gasteiger partial charge >= 0.3 is 0 Å². The number of amides is 1. The highest BCUT2D eigenvalue weighted by molar-refractivity contribution is 5.78. The summed E-state index contributed by atoms with van der Waals surface area (Å²) in [5.41, 5.74) is 0. The van der Waals surface area contributed by atoms with Crippen LogP contribution in [0, 0.1) is 5.21 Å². The molecule has 0 saturated carbocycles. The molecule has 1 amide bonds. The average molecular weight is 244 g/mol. The predicted molar refractivity (Wildman–Crippen MR) is 64.1 cm³/mol. The molecule has 1 aliphatic rings. The van der Waals surface area contributed by atoms with Crippen molar-refractivity contribution >= 4 is 5.91 Å². The maximum Gasteiger partial charge on any atom is 0.235 e. The Morgan fingerprint density at radius 2 is 2.06 bits per heavy atom. The topological polar surface area (TPSA) is 78.9 Å². The molecule has 0 aromatic heterocycles. The van der Waals surface area contributed by atoms with Crippen LogP contribution in [0.5, 0.6) is 0 Å². The number of hydroxylamine groups is 2. The monoisotopic (exact) mass is 244 g/mol. The smallest absolute Gasteiger partial charge is 0.235 e. The lowest BCUT2D eigenvalue weighted by molar-refractivity contribution is -0.132. The van der Waals surface area contributed by atoms with Crippen LogP contribution in [0.3, 0.4) is 0 Å². The van der Waals surface area contributed by atoms with Gasteiger partial charge in [-0.15, -0.1) is 0 Å². The highest BCUT2D eigenvalue weighted by atomic mass is 16.8. The van der Waals surface area contributed by atoms with Gasteiger partial charge in [-0.05, 0) is 33.6 Å². The molecule has 1 fully saturated rings. The normalized spacial score (nSPS) is 28.1. The number of likely N-dealkylation sites (tertiary alicyclic amines) is 1. The number of piperidine rings is 1. The Labute approximate surface area is 102 Å². The van der Waals surface area contributed by atoms with E-state index in [1.807, 2.05) is 0 Å². The summed E-state index contributed by atoms with van der Waals surface area (Å²) in [4.78, 5) is 13.8. The fourth-order valence-electron chi connectivity index (χ4n) is 2.29. The first-order valence-electron chi connectivity index (χ1n) is 6.12.